The maximum Gasteiger partial charge on any atom is 0.226 e. The van der Waals surface area contributed by atoms with Crippen LogP contribution in [0.25, 0.3) is 0 Å². The molecule has 0 aliphatic carbocycles. The van der Waals surface area contributed by atoms with Crippen molar-refractivity contribution in [3.05, 3.63) is 100 Å². The van der Waals surface area contributed by atoms with Gasteiger partial charge in [0.05, 0.1) is 17.6 Å². The third-order valence-corrected chi connectivity index (χ3v) is 6.61. The van der Waals surface area contributed by atoms with E-state index in [1.165, 1.54) is 6.07 Å². The predicted octanol–water partition coefficient (Wildman–Crippen LogP) is 4.00. The van der Waals surface area contributed by atoms with E-state index in [9.17, 15) is 19.1 Å². The summed E-state index contributed by atoms with van der Waals surface area (Å²) in [7, 11) is 0. The second kappa shape index (κ2) is 8.45. The predicted molar refractivity (Wildman–Crippen MR) is 120 cm³/mol. The number of carbonyl (C=O) groups excluding carboxylic acids is 2. The Morgan fingerprint density at radius 3 is 2.52 bits per heavy atom. The summed E-state index contributed by atoms with van der Waals surface area (Å²) in [5.74, 6) is -0.119. The van der Waals surface area contributed by atoms with Crippen molar-refractivity contribution in [1.82, 2.24) is 4.90 Å². The van der Waals surface area contributed by atoms with E-state index in [1.54, 1.807) is 47.4 Å². The van der Waals surface area contributed by atoms with Crippen molar-refractivity contribution < 1.29 is 23.8 Å². The van der Waals surface area contributed by atoms with Gasteiger partial charge < -0.3 is 14.7 Å². The number of benzene rings is 3. The number of likely N-dealkylation sites (tertiary alicyclic amines) is 1. The summed E-state index contributed by atoms with van der Waals surface area (Å²) in [5, 5.41) is 11.0. The molecule has 0 aromatic heterocycles. The second-order valence-corrected chi connectivity index (χ2v) is 8.67. The molecule has 0 saturated carbocycles. The van der Waals surface area contributed by atoms with Crippen LogP contribution in [-0.2, 0) is 23.4 Å². The molecule has 168 valence electrons. The van der Waals surface area contributed by atoms with Crippen molar-refractivity contribution >= 4 is 11.7 Å². The molecule has 6 heteroatoms. The lowest BCUT2D eigenvalue weighted by atomic mass is 9.84. The highest BCUT2D eigenvalue weighted by Gasteiger charge is 2.37. The van der Waals surface area contributed by atoms with E-state index >= 15 is 0 Å². The number of hydrogen-bond acceptors (Lipinski definition) is 4. The van der Waals surface area contributed by atoms with E-state index in [0.717, 1.165) is 11.1 Å². The SMILES string of the molecule is O=C1c2ccccc2COc2ccc(CC(=O)N3CCC(O)(c4ccccc4F)CC3)cc21. The van der Waals surface area contributed by atoms with E-state index in [4.69, 9.17) is 4.74 Å². The highest BCUT2D eigenvalue weighted by molar-refractivity contribution is 6.12. The van der Waals surface area contributed by atoms with Gasteiger partial charge in [0.25, 0.3) is 0 Å². The summed E-state index contributed by atoms with van der Waals surface area (Å²) >= 11 is 0. The van der Waals surface area contributed by atoms with E-state index in [0.29, 0.717) is 36.6 Å². The Kier molecular flexibility index (Phi) is 5.46. The van der Waals surface area contributed by atoms with Gasteiger partial charge in [0.1, 0.15) is 18.2 Å². The number of amides is 1. The summed E-state index contributed by atoms with van der Waals surface area (Å²) in [4.78, 5) is 27.7. The van der Waals surface area contributed by atoms with Crippen LogP contribution in [0.2, 0.25) is 0 Å². The molecule has 1 amide bonds. The lowest BCUT2D eigenvalue weighted by Crippen LogP contribution is -2.46. The zero-order valence-corrected chi connectivity index (χ0v) is 18.1. The highest BCUT2D eigenvalue weighted by atomic mass is 19.1. The van der Waals surface area contributed by atoms with Gasteiger partial charge in [-0.3, -0.25) is 9.59 Å². The molecule has 1 fully saturated rings. The number of carbonyl (C=O) groups is 2. The topological polar surface area (TPSA) is 66.8 Å². The van der Waals surface area contributed by atoms with Crippen molar-refractivity contribution in [2.24, 2.45) is 0 Å². The zero-order chi connectivity index (χ0) is 23.0. The fourth-order valence-corrected chi connectivity index (χ4v) is 4.68. The van der Waals surface area contributed by atoms with E-state index < -0.39 is 11.4 Å². The van der Waals surface area contributed by atoms with Crippen molar-refractivity contribution in [2.45, 2.75) is 31.5 Å². The Bertz CT molecular complexity index is 1230. The molecule has 33 heavy (non-hydrogen) atoms. The fraction of sp³-hybridized carbons (Fsp3) is 0.259. The average molecular weight is 445 g/mol. The number of hydrogen-bond donors (Lipinski definition) is 1. The monoisotopic (exact) mass is 445 g/mol. The molecule has 5 rings (SSSR count). The standard InChI is InChI=1S/C27H24FNO4/c28-23-8-4-3-7-22(23)27(32)11-13-29(14-12-27)25(30)16-18-9-10-24-21(15-18)26(31)20-6-2-1-5-19(20)17-33-24/h1-10,15,32H,11-14,16-17H2. The van der Waals surface area contributed by atoms with Gasteiger partial charge in [0.2, 0.25) is 5.91 Å². The first-order valence-electron chi connectivity index (χ1n) is 11.1. The van der Waals surface area contributed by atoms with Crippen LogP contribution in [0.5, 0.6) is 5.75 Å². The van der Waals surface area contributed by atoms with Gasteiger partial charge in [-0.15, -0.1) is 0 Å². The number of ketones is 1. The van der Waals surface area contributed by atoms with Crippen LogP contribution in [-0.4, -0.2) is 34.8 Å². The number of rotatable bonds is 3. The lowest BCUT2D eigenvalue weighted by molar-refractivity contribution is -0.135. The molecule has 1 saturated heterocycles. The lowest BCUT2D eigenvalue weighted by Gasteiger charge is -2.38. The molecule has 0 spiro atoms. The number of nitrogens with zero attached hydrogens (tertiary/aromatic N) is 1. The number of ether oxygens (including phenoxy) is 1. The molecule has 5 nitrogen and oxygen atoms in total. The molecule has 2 aliphatic heterocycles. The van der Waals surface area contributed by atoms with Crippen LogP contribution >= 0.6 is 0 Å². The van der Waals surface area contributed by atoms with Crippen LogP contribution < -0.4 is 4.74 Å². The Hall–Kier alpha value is -3.51. The van der Waals surface area contributed by atoms with Gasteiger partial charge in [-0.05, 0) is 36.6 Å². The normalized spacial score (nSPS) is 16.9. The number of piperidine rings is 1. The van der Waals surface area contributed by atoms with Gasteiger partial charge >= 0.3 is 0 Å². The summed E-state index contributed by atoms with van der Waals surface area (Å²) in [6.45, 7) is 1.000. The van der Waals surface area contributed by atoms with Crippen molar-refractivity contribution in [3.8, 4) is 5.75 Å². The summed E-state index contributed by atoms with van der Waals surface area (Å²) < 4.78 is 20.0. The second-order valence-electron chi connectivity index (χ2n) is 8.67. The molecule has 2 aliphatic rings. The maximum absolute atomic E-state index is 14.2. The van der Waals surface area contributed by atoms with Crippen LogP contribution in [0.1, 0.15) is 45.5 Å². The molecule has 3 aromatic carbocycles. The molecule has 0 atom stereocenters. The van der Waals surface area contributed by atoms with Crippen molar-refractivity contribution in [3.63, 3.8) is 0 Å². The average Bonchev–Trinajstić information content (AvgIpc) is 2.96. The fourth-order valence-electron chi connectivity index (χ4n) is 4.68. The number of halogens is 1. The minimum absolute atomic E-state index is 0.0899. The Labute approximate surface area is 191 Å². The molecule has 0 bridgehead atoms. The number of fused-ring (bicyclic) bond motifs is 2. The Morgan fingerprint density at radius 1 is 1.00 bits per heavy atom. The molecular weight excluding hydrogens is 421 g/mol. The van der Waals surface area contributed by atoms with Gasteiger partial charge in [0.15, 0.2) is 5.78 Å². The Balaban J connectivity index is 1.29. The quantitative estimate of drug-likeness (QED) is 0.662. The minimum atomic E-state index is -1.27. The van der Waals surface area contributed by atoms with E-state index in [-0.39, 0.29) is 36.5 Å². The van der Waals surface area contributed by atoms with E-state index in [2.05, 4.69) is 0 Å². The first-order chi connectivity index (χ1) is 15.9. The largest absolute Gasteiger partial charge is 0.488 e. The van der Waals surface area contributed by atoms with Crippen molar-refractivity contribution in [2.75, 3.05) is 13.1 Å². The first-order valence-corrected chi connectivity index (χ1v) is 11.1. The summed E-state index contributed by atoms with van der Waals surface area (Å²) in [5.41, 5.74) is 1.64. The number of aliphatic hydroxyl groups is 1. The third kappa shape index (κ3) is 4.02. The summed E-state index contributed by atoms with van der Waals surface area (Å²) in [6.07, 6.45) is 0.681. The van der Waals surface area contributed by atoms with Gasteiger partial charge in [0, 0.05) is 29.8 Å². The summed E-state index contributed by atoms with van der Waals surface area (Å²) in [6, 6.07) is 18.9. The molecule has 3 aromatic rings. The van der Waals surface area contributed by atoms with Crippen LogP contribution in [0.3, 0.4) is 0 Å². The van der Waals surface area contributed by atoms with Crippen LogP contribution in [0, 0.1) is 5.82 Å². The van der Waals surface area contributed by atoms with Crippen LogP contribution in [0.4, 0.5) is 4.39 Å². The molecule has 2 heterocycles. The van der Waals surface area contributed by atoms with Gasteiger partial charge in [-0.25, -0.2) is 4.39 Å². The smallest absolute Gasteiger partial charge is 0.226 e. The van der Waals surface area contributed by atoms with Crippen LogP contribution in [0.15, 0.2) is 66.7 Å². The molecule has 0 unspecified atom stereocenters. The van der Waals surface area contributed by atoms with Crippen molar-refractivity contribution in [1.29, 1.82) is 0 Å². The molecule has 0 radical (unpaired) electrons. The van der Waals surface area contributed by atoms with E-state index in [1.807, 2.05) is 18.2 Å². The highest BCUT2D eigenvalue weighted by Crippen LogP contribution is 2.35. The Morgan fingerprint density at radius 2 is 1.73 bits per heavy atom. The third-order valence-electron chi connectivity index (χ3n) is 6.61. The maximum atomic E-state index is 14.2. The first kappa shape index (κ1) is 21.3. The van der Waals surface area contributed by atoms with Gasteiger partial charge in [-0.2, -0.15) is 0 Å². The minimum Gasteiger partial charge on any atom is -0.488 e. The molecule has 1 N–H and O–H groups in total. The zero-order valence-electron chi connectivity index (χ0n) is 18.1. The van der Waals surface area contributed by atoms with Gasteiger partial charge in [-0.1, -0.05) is 48.5 Å². The molecular formula is C27H24FNO4.